The standard InChI is InChI=1S/C25H17Cl3N4O/c1-14-9-15(2)11-19(10-14)31-13-29-22-24(31)30-23(20-8-5-17(27)12-21(20)28)32(25(22)33)18-6-3-16(26)4-7-18/h3-13H,1-2H3. The van der Waals surface area contributed by atoms with Crippen LogP contribution in [0.1, 0.15) is 11.1 Å². The molecule has 0 saturated carbocycles. The molecule has 5 nitrogen and oxygen atoms in total. The van der Waals surface area contributed by atoms with Gasteiger partial charge in [0.1, 0.15) is 6.33 Å². The zero-order valence-electron chi connectivity index (χ0n) is 17.7. The number of imidazole rings is 1. The van der Waals surface area contributed by atoms with Crippen LogP contribution in [-0.2, 0) is 0 Å². The third-order valence-electron chi connectivity index (χ3n) is 5.31. The van der Waals surface area contributed by atoms with E-state index in [1.165, 1.54) is 4.57 Å². The highest BCUT2D eigenvalue weighted by molar-refractivity contribution is 6.36. The lowest BCUT2D eigenvalue weighted by Crippen LogP contribution is -2.22. The van der Waals surface area contributed by atoms with E-state index < -0.39 is 0 Å². The van der Waals surface area contributed by atoms with Gasteiger partial charge in [0.25, 0.3) is 5.56 Å². The predicted molar refractivity (Wildman–Crippen MR) is 134 cm³/mol. The van der Waals surface area contributed by atoms with Crippen molar-refractivity contribution in [1.29, 1.82) is 0 Å². The van der Waals surface area contributed by atoms with Crippen molar-refractivity contribution in [3.05, 3.63) is 104 Å². The Morgan fingerprint density at radius 2 is 1.45 bits per heavy atom. The Morgan fingerprint density at radius 3 is 2.12 bits per heavy atom. The van der Waals surface area contributed by atoms with E-state index in [4.69, 9.17) is 39.8 Å². The van der Waals surface area contributed by atoms with Gasteiger partial charge < -0.3 is 0 Å². The maximum absolute atomic E-state index is 13.7. The molecule has 0 unspecified atom stereocenters. The molecule has 0 amide bonds. The Hall–Kier alpha value is -3.12. The first-order valence-electron chi connectivity index (χ1n) is 10.1. The number of hydrogen-bond donors (Lipinski definition) is 0. The largest absolute Gasteiger partial charge is 0.286 e. The van der Waals surface area contributed by atoms with Gasteiger partial charge in [-0.2, -0.15) is 0 Å². The minimum atomic E-state index is -0.313. The molecule has 0 saturated heterocycles. The molecule has 5 rings (SSSR count). The van der Waals surface area contributed by atoms with E-state index in [1.807, 2.05) is 30.5 Å². The van der Waals surface area contributed by atoms with Crippen molar-refractivity contribution in [2.45, 2.75) is 13.8 Å². The molecule has 3 aromatic carbocycles. The molecular weight excluding hydrogens is 479 g/mol. The summed E-state index contributed by atoms with van der Waals surface area (Å²) >= 11 is 18.7. The Morgan fingerprint density at radius 1 is 0.788 bits per heavy atom. The minimum absolute atomic E-state index is 0.248. The van der Waals surface area contributed by atoms with E-state index in [0.29, 0.717) is 37.8 Å². The molecule has 0 N–H and O–H groups in total. The van der Waals surface area contributed by atoms with E-state index in [-0.39, 0.29) is 11.1 Å². The maximum Gasteiger partial charge on any atom is 0.286 e. The van der Waals surface area contributed by atoms with Crippen molar-refractivity contribution in [3.63, 3.8) is 0 Å². The van der Waals surface area contributed by atoms with Gasteiger partial charge in [0.2, 0.25) is 0 Å². The highest BCUT2D eigenvalue weighted by Gasteiger charge is 2.20. The fraction of sp³-hybridized carbons (Fsp3) is 0.0800. The molecule has 0 aliphatic rings. The Balaban J connectivity index is 1.87. The summed E-state index contributed by atoms with van der Waals surface area (Å²) in [5, 5.41) is 1.44. The molecule has 5 aromatic rings. The van der Waals surface area contributed by atoms with Crippen LogP contribution in [0.4, 0.5) is 0 Å². The molecule has 0 atom stereocenters. The summed E-state index contributed by atoms with van der Waals surface area (Å²) < 4.78 is 3.31. The quantitative estimate of drug-likeness (QED) is 0.276. The molecular formula is C25H17Cl3N4O. The van der Waals surface area contributed by atoms with Crippen molar-refractivity contribution >= 4 is 46.0 Å². The van der Waals surface area contributed by atoms with Gasteiger partial charge in [0, 0.05) is 21.3 Å². The molecule has 0 radical (unpaired) electrons. The van der Waals surface area contributed by atoms with Gasteiger partial charge in [0.15, 0.2) is 17.0 Å². The zero-order valence-corrected chi connectivity index (χ0v) is 19.9. The van der Waals surface area contributed by atoms with Crippen molar-refractivity contribution in [2.75, 3.05) is 0 Å². The van der Waals surface area contributed by atoms with Gasteiger partial charge >= 0.3 is 0 Å². The minimum Gasteiger partial charge on any atom is -0.283 e. The summed E-state index contributed by atoms with van der Waals surface area (Å²) in [6.07, 6.45) is 1.62. The number of halogens is 3. The molecule has 0 bridgehead atoms. The van der Waals surface area contributed by atoms with E-state index in [1.54, 1.807) is 48.8 Å². The van der Waals surface area contributed by atoms with Crippen LogP contribution in [0.25, 0.3) is 33.9 Å². The number of nitrogens with zero attached hydrogens (tertiary/aromatic N) is 4. The molecule has 33 heavy (non-hydrogen) atoms. The van der Waals surface area contributed by atoms with Crippen molar-refractivity contribution in [2.24, 2.45) is 0 Å². The van der Waals surface area contributed by atoms with Gasteiger partial charge in [0.05, 0.1) is 10.7 Å². The van der Waals surface area contributed by atoms with Crippen LogP contribution in [-0.4, -0.2) is 19.1 Å². The second-order valence-electron chi connectivity index (χ2n) is 7.81. The monoisotopic (exact) mass is 494 g/mol. The molecule has 0 spiro atoms. The van der Waals surface area contributed by atoms with Crippen LogP contribution < -0.4 is 5.56 Å². The van der Waals surface area contributed by atoms with Crippen LogP contribution in [0.15, 0.2) is 71.8 Å². The topological polar surface area (TPSA) is 52.7 Å². The first-order valence-corrected chi connectivity index (χ1v) is 11.3. The predicted octanol–water partition coefficient (Wildman–Crippen LogP) is 6.82. The number of rotatable bonds is 3. The molecule has 0 aliphatic carbocycles. The first kappa shape index (κ1) is 21.7. The van der Waals surface area contributed by atoms with Crippen molar-refractivity contribution in [3.8, 4) is 22.8 Å². The van der Waals surface area contributed by atoms with Crippen molar-refractivity contribution in [1.82, 2.24) is 19.1 Å². The second kappa shape index (κ2) is 8.34. The Bertz CT molecular complexity index is 1570. The number of aromatic nitrogens is 4. The lowest BCUT2D eigenvalue weighted by atomic mass is 10.1. The Labute approximate surface area is 204 Å². The average molecular weight is 496 g/mol. The van der Waals surface area contributed by atoms with Crippen molar-refractivity contribution < 1.29 is 0 Å². The highest BCUT2D eigenvalue weighted by atomic mass is 35.5. The summed E-state index contributed by atoms with van der Waals surface area (Å²) in [4.78, 5) is 23.0. The number of aryl methyl sites for hydroxylation is 2. The number of hydrogen-bond acceptors (Lipinski definition) is 3. The summed E-state index contributed by atoms with van der Waals surface area (Å²) in [6, 6.07) is 18.2. The van der Waals surface area contributed by atoms with Crippen LogP contribution in [0.3, 0.4) is 0 Å². The van der Waals surface area contributed by atoms with Gasteiger partial charge in [-0.05, 0) is 79.6 Å². The lowest BCUT2D eigenvalue weighted by Gasteiger charge is -2.15. The zero-order chi connectivity index (χ0) is 23.3. The van der Waals surface area contributed by atoms with Gasteiger partial charge in [-0.3, -0.25) is 13.9 Å². The fourth-order valence-electron chi connectivity index (χ4n) is 3.91. The Kier molecular flexibility index (Phi) is 5.49. The summed E-state index contributed by atoms with van der Waals surface area (Å²) in [6.45, 7) is 4.05. The maximum atomic E-state index is 13.7. The van der Waals surface area contributed by atoms with Crippen LogP contribution >= 0.6 is 34.8 Å². The van der Waals surface area contributed by atoms with Crippen LogP contribution in [0.2, 0.25) is 15.1 Å². The fourth-order valence-corrected chi connectivity index (χ4v) is 4.53. The highest BCUT2D eigenvalue weighted by Crippen LogP contribution is 2.31. The number of fused-ring (bicyclic) bond motifs is 1. The van der Waals surface area contributed by atoms with E-state index in [0.717, 1.165) is 16.8 Å². The third kappa shape index (κ3) is 3.93. The number of benzene rings is 3. The van der Waals surface area contributed by atoms with Gasteiger partial charge in [-0.25, -0.2) is 9.97 Å². The molecule has 8 heteroatoms. The molecule has 0 fully saturated rings. The lowest BCUT2D eigenvalue weighted by molar-refractivity contribution is 0.961. The van der Waals surface area contributed by atoms with Gasteiger partial charge in [-0.15, -0.1) is 0 Å². The second-order valence-corrected chi connectivity index (χ2v) is 9.09. The summed E-state index contributed by atoms with van der Waals surface area (Å²) in [5.74, 6) is 0.377. The van der Waals surface area contributed by atoms with E-state index in [2.05, 4.69) is 11.1 Å². The molecule has 0 aliphatic heterocycles. The molecule has 2 heterocycles. The normalized spacial score (nSPS) is 11.3. The van der Waals surface area contributed by atoms with E-state index in [9.17, 15) is 4.79 Å². The SMILES string of the molecule is Cc1cc(C)cc(-n2cnc3c(=O)n(-c4ccc(Cl)cc4)c(-c4ccc(Cl)cc4Cl)nc32)c1. The third-order valence-corrected chi connectivity index (χ3v) is 6.11. The molecule has 164 valence electrons. The smallest absolute Gasteiger partial charge is 0.283 e. The van der Waals surface area contributed by atoms with Gasteiger partial charge in [-0.1, -0.05) is 40.9 Å². The van der Waals surface area contributed by atoms with E-state index >= 15 is 0 Å². The average Bonchev–Trinajstić information content (AvgIpc) is 3.18. The summed E-state index contributed by atoms with van der Waals surface area (Å²) in [5.41, 5.74) is 4.62. The van der Waals surface area contributed by atoms with Crippen LogP contribution in [0.5, 0.6) is 0 Å². The molecule has 2 aromatic heterocycles. The first-order chi connectivity index (χ1) is 15.8. The summed E-state index contributed by atoms with van der Waals surface area (Å²) in [7, 11) is 0. The van der Waals surface area contributed by atoms with Crippen LogP contribution in [0, 0.1) is 13.8 Å².